The van der Waals surface area contributed by atoms with Crippen molar-refractivity contribution in [3.63, 3.8) is 0 Å². The van der Waals surface area contributed by atoms with Gasteiger partial charge in [0.05, 0.1) is 5.69 Å². The normalized spacial score (nSPS) is 11.6. The van der Waals surface area contributed by atoms with Crippen LogP contribution < -0.4 is 10.3 Å². The molecule has 0 amide bonds. The fourth-order valence-corrected chi connectivity index (χ4v) is 3.26. The van der Waals surface area contributed by atoms with E-state index in [0.717, 1.165) is 10.6 Å². The van der Waals surface area contributed by atoms with Gasteiger partial charge in [0.15, 0.2) is 0 Å². The zero-order valence-corrected chi connectivity index (χ0v) is 14.5. The van der Waals surface area contributed by atoms with Gasteiger partial charge < -0.3 is 4.74 Å². The summed E-state index contributed by atoms with van der Waals surface area (Å²) in [6.07, 6.45) is 0. The maximum absolute atomic E-state index is 12.3. The molecule has 0 bridgehead atoms. The molecule has 0 fully saturated rings. The molecule has 25 heavy (non-hydrogen) atoms. The third-order valence-electron chi connectivity index (χ3n) is 3.41. The van der Waals surface area contributed by atoms with Gasteiger partial charge in [0, 0.05) is 19.2 Å². The summed E-state index contributed by atoms with van der Waals surface area (Å²) in [4.78, 5) is 19.0. The van der Waals surface area contributed by atoms with Crippen LogP contribution in [-0.2, 0) is 13.1 Å². The Hall–Kier alpha value is -2.39. The van der Waals surface area contributed by atoms with E-state index in [-0.39, 0.29) is 11.3 Å². The van der Waals surface area contributed by atoms with Gasteiger partial charge in [-0.1, -0.05) is 23.5 Å². The summed E-state index contributed by atoms with van der Waals surface area (Å²) in [6.45, 7) is -0.0787. The Morgan fingerprint density at radius 2 is 2.12 bits per heavy atom. The highest BCUT2D eigenvalue weighted by Crippen LogP contribution is 2.17. The van der Waals surface area contributed by atoms with Crippen molar-refractivity contribution in [2.45, 2.75) is 26.6 Å². The predicted molar refractivity (Wildman–Crippen MR) is 90.1 cm³/mol. The van der Waals surface area contributed by atoms with E-state index < -0.39 is 6.61 Å². The maximum Gasteiger partial charge on any atom is 0.387 e. The molecule has 2 aromatic heterocycles. The standard InChI is InChI=1S/C16H16F2N4O2S/c1-10-20-22-14(23)7-12(19-16(22)25-10)9-21(2)8-11-4-3-5-13(6-11)24-15(17)18/h3-7,15H,8-9H2,1-2H3. The number of halogens is 2. The molecule has 0 saturated carbocycles. The summed E-state index contributed by atoms with van der Waals surface area (Å²) >= 11 is 1.35. The molecular formula is C16H16F2N4O2S. The molecule has 2 heterocycles. The second-order valence-corrected chi connectivity index (χ2v) is 6.76. The minimum Gasteiger partial charge on any atom is -0.435 e. The van der Waals surface area contributed by atoms with Gasteiger partial charge in [0.1, 0.15) is 10.8 Å². The van der Waals surface area contributed by atoms with E-state index in [1.54, 1.807) is 12.1 Å². The van der Waals surface area contributed by atoms with Crippen LogP contribution in [0.25, 0.3) is 4.96 Å². The molecule has 0 N–H and O–H groups in total. The van der Waals surface area contributed by atoms with Crippen LogP contribution in [-0.4, -0.2) is 33.2 Å². The molecule has 132 valence electrons. The van der Waals surface area contributed by atoms with Crippen molar-refractivity contribution in [1.29, 1.82) is 0 Å². The third kappa shape index (κ3) is 4.37. The minimum atomic E-state index is -2.85. The smallest absolute Gasteiger partial charge is 0.387 e. The molecule has 0 radical (unpaired) electrons. The largest absolute Gasteiger partial charge is 0.435 e. The summed E-state index contributed by atoms with van der Waals surface area (Å²) in [6, 6.07) is 8.00. The summed E-state index contributed by atoms with van der Waals surface area (Å²) in [5, 5.41) is 4.87. The van der Waals surface area contributed by atoms with Crippen molar-refractivity contribution in [1.82, 2.24) is 19.5 Å². The Balaban J connectivity index is 1.72. The van der Waals surface area contributed by atoms with Crippen molar-refractivity contribution in [3.05, 3.63) is 57.0 Å². The molecule has 9 heteroatoms. The van der Waals surface area contributed by atoms with Crippen LogP contribution in [0.2, 0.25) is 0 Å². The van der Waals surface area contributed by atoms with Crippen LogP contribution in [0.5, 0.6) is 5.75 Å². The fourth-order valence-electron chi connectivity index (χ4n) is 2.50. The molecule has 0 saturated heterocycles. The van der Waals surface area contributed by atoms with E-state index in [4.69, 9.17) is 0 Å². The number of rotatable bonds is 6. The Bertz CT molecular complexity index is 941. The fraction of sp³-hybridized carbons (Fsp3) is 0.312. The van der Waals surface area contributed by atoms with E-state index >= 15 is 0 Å². The zero-order chi connectivity index (χ0) is 18.0. The van der Waals surface area contributed by atoms with Crippen molar-refractivity contribution in [3.8, 4) is 5.75 Å². The average molecular weight is 366 g/mol. The lowest BCUT2D eigenvalue weighted by Crippen LogP contribution is -2.21. The summed E-state index contributed by atoms with van der Waals surface area (Å²) in [7, 11) is 1.86. The topological polar surface area (TPSA) is 59.7 Å². The predicted octanol–water partition coefficient (Wildman–Crippen LogP) is 2.69. The third-order valence-corrected chi connectivity index (χ3v) is 4.23. The van der Waals surface area contributed by atoms with Gasteiger partial charge in [-0.15, -0.1) is 0 Å². The lowest BCUT2D eigenvalue weighted by Gasteiger charge is -2.16. The number of hydrogen-bond donors (Lipinski definition) is 0. The Morgan fingerprint density at radius 3 is 2.88 bits per heavy atom. The zero-order valence-electron chi connectivity index (χ0n) is 13.6. The summed E-state index contributed by atoms with van der Waals surface area (Å²) < 4.78 is 30.3. The SMILES string of the molecule is Cc1nn2c(=O)cc(CN(C)Cc3cccc(OC(F)F)c3)nc2s1. The maximum atomic E-state index is 12.3. The van der Waals surface area contributed by atoms with Gasteiger partial charge in [-0.2, -0.15) is 18.4 Å². The van der Waals surface area contributed by atoms with Crippen LogP contribution in [0.1, 0.15) is 16.3 Å². The Kier molecular flexibility index (Phi) is 5.05. The number of ether oxygens (including phenoxy) is 1. The molecule has 3 rings (SSSR count). The Labute approximate surface area is 146 Å². The quantitative estimate of drug-likeness (QED) is 0.671. The number of fused-ring (bicyclic) bond motifs is 1. The molecule has 0 aliphatic rings. The monoisotopic (exact) mass is 366 g/mol. The van der Waals surface area contributed by atoms with Crippen LogP contribution in [0.4, 0.5) is 8.78 Å². The van der Waals surface area contributed by atoms with Gasteiger partial charge in [-0.05, 0) is 31.7 Å². The van der Waals surface area contributed by atoms with Crippen LogP contribution in [0.3, 0.4) is 0 Å². The average Bonchev–Trinajstić information content (AvgIpc) is 2.87. The number of aromatic nitrogens is 3. The van der Waals surface area contributed by atoms with Gasteiger partial charge in [0.25, 0.3) is 5.56 Å². The molecule has 0 aliphatic carbocycles. The summed E-state index contributed by atoms with van der Waals surface area (Å²) in [5.41, 5.74) is 1.24. The summed E-state index contributed by atoms with van der Waals surface area (Å²) in [5.74, 6) is 0.124. The second-order valence-electron chi connectivity index (χ2n) is 5.60. The molecule has 0 atom stereocenters. The molecule has 0 spiro atoms. The first-order chi connectivity index (χ1) is 11.9. The first-order valence-corrected chi connectivity index (χ1v) is 8.31. The van der Waals surface area contributed by atoms with Crippen molar-refractivity contribution >= 4 is 16.3 Å². The first-order valence-electron chi connectivity index (χ1n) is 7.49. The van der Waals surface area contributed by atoms with Gasteiger partial charge in [0.2, 0.25) is 4.96 Å². The number of alkyl halides is 2. The molecule has 0 unspecified atom stereocenters. The number of hydrogen-bond acceptors (Lipinski definition) is 6. The molecule has 0 aliphatic heterocycles. The highest BCUT2D eigenvalue weighted by molar-refractivity contribution is 7.16. The van der Waals surface area contributed by atoms with E-state index in [1.807, 2.05) is 24.9 Å². The van der Waals surface area contributed by atoms with E-state index in [0.29, 0.717) is 23.7 Å². The number of aryl methyl sites for hydroxylation is 1. The van der Waals surface area contributed by atoms with Crippen LogP contribution in [0, 0.1) is 6.92 Å². The van der Waals surface area contributed by atoms with Crippen molar-refractivity contribution < 1.29 is 13.5 Å². The van der Waals surface area contributed by atoms with Gasteiger partial charge in [-0.3, -0.25) is 9.69 Å². The van der Waals surface area contributed by atoms with E-state index in [2.05, 4.69) is 14.8 Å². The highest BCUT2D eigenvalue weighted by atomic mass is 32.1. The van der Waals surface area contributed by atoms with E-state index in [1.165, 1.54) is 28.0 Å². The second kappa shape index (κ2) is 7.24. The molecular weight excluding hydrogens is 350 g/mol. The van der Waals surface area contributed by atoms with Gasteiger partial charge in [-0.25, -0.2) is 4.98 Å². The number of nitrogens with zero attached hydrogens (tertiary/aromatic N) is 4. The molecule has 1 aromatic carbocycles. The van der Waals surface area contributed by atoms with Crippen molar-refractivity contribution in [2.24, 2.45) is 0 Å². The van der Waals surface area contributed by atoms with Crippen LogP contribution in [0.15, 0.2) is 35.1 Å². The highest BCUT2D eigenvalue weighted by Gasteiger charge is 2.10. The van der Waals surface area contributed by atoms with E-state index in [9.17, 15) is 13.6 Å². The van der Waals surface area contributed by atoms with Crippen LogP contribution >= 0.6 is 11.3 Å². The first kappa shape index (κ1) is 17.4. The minimum absolute atomic E-state index is 0.124. The molecule has 3 aromatic rings. The molecule has 6 nitrogen and oxygen atoms in total. The van der Waals surface area contributed by atoms with Gasteiger partial charge >= 0.3 is 6.61 Å². The number of benzene rings is 1. The van der Waals surface area contributed by atoms with Crippen molar-refractivity contribution in [2.75, 3.05) is 7.05 Å². The lowest BCUT2D eigenvalue weighted by atomic mass is 10.2. The Morgan fingerprint density at radius 1 is 1.32 bits per heavy atom. The lowest BCUT2D eigenvalue weighted by molar-refractivity contribution is -0.0499.